The minimum absolute atomic E-state index is 0.490. The Balaban J connectivity index is 2.80. The summed E-state index contributed by atoms with van der Waals surface area (Å²) in [7, 11) is 3.12. The Hall–Kier alpha value is -1.84. The molecule has 0 saturated carbocycles. The molecule has 4 heteroatoms. The van der Waals surface area contributed by atoms with E-state index in [2.05, 4.69) is 0 Å². The van der Waals surface area contributed by atoms with Crippen molar-refractivity contribution in [3.8, 4) is 11.5 Å². The molecule has 2 N–H and O–H groups in total. The second-order valence-electron chi connectivity index (χ2n) is 2.86. The standard InChI is InChI=1S/C10H11NO3/c1-12-8-5-7-6(3-4-14-7)10(13-2)9(8)11/h3-5H,11H2,1-2H3. The molecule has 0 amide bonds. The number of methoxy groups -OCH3 is 2. The monoisotopic (exact) mass is 193 g/mol. The Morgan fingerprint density at radius 3 is 2.71 bits per heavy atom. The molecule has 0 spiro atoms. The van der Waals surface area contributed by atoms with E-state index < -0.39 is 0 Å². The fraction of sp³-hybridized carbons (Fsp3) is 0.200. The largest absolute Gasteiger partial charge is 0.494 e. The SMILES string of the molecule is COc1cc2occc2c(OC)c1N. The van der Waals surface area contributed by atoms with Crippen LogP contribution in [0.4, 0.5) is 5.69 Å². The predicted octanol–water partition coefficient (Wildman–Crippen LogP) is 2.03. The third-order valence-electron chi connectivity index (χ3n) is 2.14. The first-order valence-electron chi connectivity index (χ1n) is 4.15. The zero-order chi connectivity index (χ0) is 10.1. The summed E-state index contributed by atoms with van der Waals surface area (Å²) in [5.74, 6) is 1.15. The second-order valence-corrected chi connectivity index (χ2v) is 2.86. The van der Waals surface area contributed by atoms with Crippen LogP contribution in [0.5, 0.6) is 11.5 Å². The molecule has 1 aromatic heterocycles. The smallest absolute Gasteiger partial charge is 0.156 e. The minimum Gasteiger partial charge on any atom is -0.494 e. The molecule has 0 aliphatic heterocycles. The highest BCUT2D eigenvalue weighted by Gasteiger charge is 2.13. The van der Waals surface area contributed by atoms with E-state index in [-0.39, 0.29) is 0 Å². The molecule has 0 saturated heterocycles. The topological polar surface area (TPSA) is 57.6 Å². The number of hydrogen-bond donors (Lipinski definition) is 1. The molecule has 0 unspecified atom stereocenters. The molecule has 0 aliphatic rings. The zero-order valence-electron chi connectivity index (χ0n) is 8.03. The molecule has 0 atom stereocenters. The molecule has 1 aromatic carbocycles. The average molecular weight is 193 g/mol. The third kappa shape index (κ3) is 1.08. The molecule has 2 aromatic rings. The first-order chi connectivity index (χ1) is 6.77. The van der Waals surface area contributed by atoms with E-state index in [9.17, 15) is 0 Å². The van der Waals surface area contributed by atoms with Crippen LogP contribution in [-0.4, -0.2) is 14.2 Å². The predicted molar refractivity (Wildman–Crippen MR) is 53.7 cm³/mol. The molecule has 74 valence electrons. The zero-order valence-corrected chi connectivity index (χ0v) is 8.03. The Morgan fingerprint density at radius 1 is 1.29 bits per heavy atom. The van der Waals surface area contributed by atoms with Crippen molar-refractivity contribution < 1.29 is 13.9 Å². The number of nitrogen functional groups attached to an aromatic ring is 1. The number of hydrogen-bond acceptors (Lipinski definition) is 4. The van der Waals surface area contributed by atoms with Gasteiger partial charge in [-0.05, 0) is 6.07 Å². The maximum Gasteiger partial charge on any atom is 0.156 e. The van der Waals surface area contributed by atoms with Crippen LogP contribution in [0.15, 0.2) is 22.8 Å². The van der Waals surface area contributed by atoms with E-state index in [1.807, 2.05) is 6.07 Å². The van der Waals surface area contributed by atoms with E-state index in [4.69, 9.17) is 19.6 Å². The Morgan fingerprint density at radius 2 is 2.07 bits per heavy atom. The summed E-state index contributed by atoms with van der Waals surface area (Å²) in [5.41, 5.74) is 7.03. The van der Waals surface area contributed by atoms with Crippen LogP contribution in [0.3, 0.4) is 0 Å². The van der Waals surface area contributed by atoms with E-state index in [0.29, 0.717) is 22.8 Å². The van der Waals surface area contributed by atoms with Crippen molar-refractivity contribution in [1.29, 1.82) is 0 Å². The number of ether oxygens (including phenoxy) is 2. The molecule has 2 rings (SSSR count). The van der Waals surface area contributed by atoms with Gasteiger partial charge in [0.1, 0.15) is 17.0 Å². The number of furan rings is 1. The average Bonchev–Trinajstić information content (AvgIpc) is 2.64. The van der Waals surface area contributed by atoms with Gasteiger partial charge in [0.05, 0.1) is 25.9 Å². The van der Waals surface area contributed by atoms with Crippen LogP contribution in [0.25, 0.3) is 11.0 Å². The molecule has 0 bridgehead atoms. The molecule has 4 nitrogen and oxygen atoms in total. The molecule has 1 heterocycles. The Kier molecular flexibility index (Phi) is 1.96. The van der Waals surface area contributed by atoms with Gasteiger partial charge in [0.25, 0.3) is 0 Å². The fourth-order valence-corrected chi connectivity index (χ4v) is 1.46. The highest BCUT2D eigenvalue weighted by molar-refractivity contribution is 5.92. The lowest BCUT2D eigenvalue weighted by Gasteiger charge is -2.09. The van der Waals surface area contributed by atoms with Gasteiger partial charge in [0, 0.05) is 6.07 Å². The summed E-state index contributed by atoms with van der Waals surface area (Å²) < 4.78 is 15.5. The van der Waals surface area contributed by atoms with Crippen LogP contribution < -0.4 is 15.2 Å². The van der Waals surface area contributed by atoms with E-state index in [0.717, 1.165) is 5.39 Å². The first kappa shape index (κ1) is 8.74. The van der Waals surface area contributed by atoms with Crippen LogP contribution in [-0.2, 0) is 0 Å². The van der Waals surface area contributed by atoms with Crippen LogP contribution >= 0.6 is 0 Å². The molecular formula is C10H11NO3. The van der Waals surface area contributed by atoms with Crippen LogP contribution in [0, 0.1) is 0 Å². The van der Waals surface area contributed by atoms with Crippen LogP contribution in [0.2, 0.25) is 0 Å². The van der Waals surface area contributed by atoms with Gasteiger partial charge < -0.3 is 19.6 Å². The molecular weight excluding hydrogens is 182 g/mol. The van der Waals surface area contributed by atoms with Crippen molar-refractivity contribution in [2.75, 3.05) is 20.0 Å². The van der Waals surface area contributed by atoms with Crippen molar-refractivity contribution in [3.63, 3.8) is 0 Å². The van der Waals surface area contributed by atoms with Crippen molar-refractivity contribution in [2.24, 2.45) is 0 Å². The van der Waals surface area contributed by atoms with Crippen molar-refractivity contribution in [2.45, 2.75) is 0 Å². The van der Waals surface area contributed by atoms with Crippen molar-refractivity contribution >= 4 is 16.7 Å². The Bertz CT molecular complexity index is 462. The summed E-state index contributed by atoms with van der Waals surface area (Å²) >= 11 is 0. The van der Waals surface area contributed by atoms with Crippen molar-refractivity contribution in [3.05, 3.63) is 18.4 Å². The summed E-state index contributed by atoms with van der Waals surface area (Å²) in [6, 6.07) is 3.55. The van der Waals surface area contributed by atoms with Gasteiger partial charge in [-0.1, -0.05) is 0 Å². The van der Waals surface area contributed by atoms with Gasteiger partial charge in [0.15, 0.2) is 5.75 Å². The van der Waals surface area contributed by atoms with Gasteiger partial charge >= 0.3 is 0 Å². The normalized spacial score (nSPS) is 10.4. The molecule has 0 radical (unpaired) electrons. The number of benzene rings is 1. The lowest BCUT2D eigenvalue weighted by atomic mass is 10.2. The fourth-order valence-electron chi connectivity index (χ4n) is 1.46. The summed E-state index contributed by atoms with van der Waals surface area (Å²) in [5, 5.41) is 0.853. The van der Waals surface area contributed by atoms with Gasteiger partial charge in [0.2, 0.25) is 0 Å². The van der Waals surface area contributed by atoms with Gasteiger partial charge in [-0.15, -0.1) is 0 Å². The summed E-state index contributed by atoms with van der Waals surface area (Å²) in [6.07, 6.45) is 1.59. The summed E-state index contributed by atoms with van der Waals surface area (Å²) in [6.45, 7) is 0. The lowest BCUT2D eigenvalue weighted by Crippen LogP contribution is -1.96. The van der Waals surface area contributed by atoms with Crippen LogP contribution in [0.1, 0.15) is 0 Å². The molecule has 0 aliphatic carbocycles. The van der Waals surface area contributed by atoms with Gasteiger partial charge in [-0.3, -0.25) is 0 Å². The van der Waals surface area contributed by atoms with Crippen molar-refractivity contribution in [1.82, 2.24) is 0 Å². The maximum absolute atomic E-state index is 5.84. The number of nitrogens with two attached hydrogens (primary N) is 1. The number of fused-ring (bicyclic) bond motifs is 1. The minimum atomic E-state index is 0.490. The highest BCUT2D eigenvalue weighted by atomic mass is 16.5. The van der Waals surface area contributed by atoms with E-state index >= 15 is 0 Å². The van der Waals surface area contributed by atoms with Gasteiger partial charge in [-0.2, -0.15) is 0 Å². The quantitative estimate of drug-likeness (QED) is 0.741. The highest BCUT2D eigenvalue weighted by Crippen LogP contribution is 2.39. The molecule has 14 heavy (non-hydrogen) atoms. The molecule has 0 fully saturated rings. The lowest BCUT2D eigenvalue weighted by molar-refractivity contribution is 0.401. The number of rotatable bonds is 2. The van der Waals surface area contributed by atoms with E-state index in [1.165, 1.54) is 0 Å². The Labute approximate surface area is 81.2 Å². The number of anilines is 1. The maximum atomic E-state index is 5.84. The second kappa shape index (κ2) is 3.14. The summed E-state index contributed by atoms with van der Waals surface area (Å²) in [4.78, 5) is 0. The van der Waals surface area contributed by atoms with E-state index in [1.54, 1.807) is 26.5 Å². The third-order valence-corrected chi connectivity index (χ3v) is 2.14. The first-order valence-corrected chi connectivity index (χ1v) is 4.15. The van der Waals surface area contributed by atoms with Gasteiger partial charge in [-0.25, -0.2) is 0 Å².